The van der Waals surface area contributed by atoms with Gasteiger partial charge in [-0.15, -0.1) is 0 Å². The number of rotatable bonds is 7. The van der Waals surface area contributed by atoms with E-state index in [1.165, 1.54) is 0 Å². The zero-order chi connectivity index (χ0) is 21.6. The van der Waals surface area contributed by atoms with Crippen LogP contribution >= 0.6 is 0 Å². The van der Waals surface area contributed by atoms with Crippen LogP contribution in [0.5, 0.6) is 0 Å². The van der Waals surface area contributed by atoms with Gasteiger partial charge in [-0.1, -0.05) is 25.8 Å². The monoisotopic (exact) mass is 388 g/mol. The molecule has 0 heterocycles. The van der Waals surface area contributed by atoms with Crippen LogP contribution in [0, 0.1) is 20.9 Å². The normalized spacial score (nSPS) is 12.9. The molecule has 0 aromatic carbocycles. The smallest absolute Gasteiger partial charge is 0.417 e. The molecule has 0 fully saturated rings. The highest BCUT2D eigenvalue weighted by Gasteiger charge is 2.35. The number of nitrogens with zero attached hydrogens (tertiary/aromatic N) is 3. The Balaban J connectivity index is 5.11. The van der Waals surface area contributed by atoms with Crippen molar-refractivity contribution in [3.63, 3.8) is 0 Å². The number of imide groups is 1. The van der Waals surface area contributed by atoms with Crippen LogP contribution in [0.2, 0.25) is 0 Å². The van der Waals surface area contributed by atoms with Gasteiger partial charge in [-0.2, -0.15) is 0 Å². The fourth-order valence-corrected chi connectivity index (χ4v) is 1.97. The Morgan fingerprint density at radius 3 is 2.00 bits per heavy atom. The van der Waals surface area contributed by atoms with Crippen molar-refractivity contribution >= 4 is 18.0 Å². The maximum absolute atomic E-state index is 12.7. The quantitative estimate of drug-likeness (QED) is 0.193. The summed E-state index contributed by atoms with van der Waals surface area (Å²) in [5, 5.41) is 17.7. The number of nitrogens with one attached hydrogen (secondary N) is 1. The van der Waals surface area contributed by atoms with E-state index in [0.29, 0.717) is 5.01 Å². The first-order valence-corrected chi connectivity index (χ1v) is 8.63. The van der Waals surface area contributed by atoms with E-state index in [2.05, 4.69) is 0 Å². The summed E-state index contributed by atoms with van der Waals surface area (Å²) < 4.78 is 5.28. The van der Waals surface area contributed by atoms with Gasteiger partial charge in [0.05, 0.1) is 12.6 Å². The van der Waals surface area contributed by atoms with Crippen LogP contribution in [0.3, 0.4) is 0 Å². The Bertz CT molecular complexity index is 553. The lowest BCUT2D eigenvalue weighted by atomic mass is 9.86. The van der Waals surface area contributed by atoms with E-state index in [0.717, 1.165) is 4.90 Å². The fraction of sp³-hybridized carbons (Fsp3) is 0.812. The maximum Gasteiger partial charge on any atom is 0.417 e. The molecule has 0 aliphatic heterocycles. The molecule has 0 aliphatic carbocycles. The molecule has 5 N–H and O–H groups in total. The minimum atomic E-state index is -0.919. The number of hydrogen-bond acceptors (Lipinski definition) is 7. The number of nitro groups is 1. The summed E-state index contributed by atoms with van der Waals surface area (Å²) in [5.41, 5.74) is 9.78. The Kier molecular flexibility index (Phi) is 8.64. The highest BCUT2D eigenvalue weighted by atomic mass is 16.7. The number of carbonyl (C=O) groups excluding carboxylic acids is 2. The molecule has 0 aliphatic rings. The van der Waals surface area contributed by atoms with E-state index in [1.807, 2.05) is 0 Å². The molecule has 0 spiro atoms. The second-order valence-electron chi connectivity index (χ2n) is 8.27. The first-order chi connectivity index (χ1) is 12.1. The lowest BCUT2D eigenvalue weighted by molar-refractivity contribution is -0.629. The van der Waals surface area contributed by atoms with Crippen LogP contribution in [0.1, 0.15) is 54.4 Å². The predicted octanol–water partition coefficient (Wildman–Crippen LogP) is 1.29. The molecule has 0 saturated heterocycles. The summed E-state index contributed by atoms with van der Waals surface area (Å²) in [5.74, 6) is -1.26. The highest BCUT2D eigenvalue weighted by Crippen LogP contribution is 2.20. The van der Waals surface area contributed by atoms with Gasteiger partial charge in [0.15, 0.2) is 5.03 Å². The summed E-state index contributed by atoms with van der Waals surface area (Å²) >= 11 is 0. The molecule has 0 rings (SSSR count). The average Bonchev–Trinajstić information content (AvgIpc) is 2.45. The Hall–Kier alpha value is -2.43. The first kappa shape index (κ1) is 24.6. The minimum absolute atomic E-state index is 0.0129. The summed E-state index contributed by atoms with van der Waals surface area (Å²) in [4.78, 5) is 36.9. The number of hydrazine groups is 1. The fourth-order valence-electron chi connectivity index (χ4n) is 1.97. The molecular formula is C16H32N6O5. The molecular weight excluding hydrogens is 356 g/mol. The molecule has 11 nitrogen and oxygen atoms in total. The molecule has 27 heavy (non-hydrogen) atoms. The van der Waals surface area contributed by atoms with Crippen LogP contribution < -0.4 is 11.5 Å². The van der Waals surface area contributed by atoms with E-state index in [-0.39, 0.29) is 25.9 Å². The lowest BCUT2D eigenvalue weighted by Gasteiger charge is -2.32. The maximum atomic E-state index is 12.7. The molecule has 0 aromatic heterocycles. The van der Waals surface area contributed by atoms with Crippen LogP contribution in [0.15, 0.2) is 0 Å². The average molecular weight is 388 g/mol. The first-order valence-electron chi connectivity index (χ1n) is 8.63. The van der Waals surface area contributed by atoms with Crippen molar-refractivity contribution in [1.29, 1.82) is 5.41 Å². The van der Waals surface area contributed by atoms with Crippen molar-refractivity contribution < 1.29 is 19.4 Å². The van der Waals surface area contributed by atoms with Crippen molar-refractivity contribution in [2.45, 2.75) is 66.0 Å². The van der Waals surface area contributed by atoms with Gasteiger partial charge in [-0.25, -0.2) is 19.8 Å². The molecule has 11 heteroatoms. The van der Waals surface area contributed by atoms with E-state index in [9.17, 15) is 19.7 Å². The van der Waals surface area contributed by atoms with Gasteiger partial charge in [0.1, 0.15) is 5.60 Å². The second-order valence-corrected chi connectivity index (χ2v) is 8.27. The van der Waals surface area contributed by atoms with Crippen molar-refractivity contribution in [3.05, 3.63) is 10.1 Å². The summed E-state index contributed by atoms with van der Waals surface area (Å²) in [6, 6.07) is -0.919. The summed E-state index contributed by atoms with van der Waals surface area (Å²) in [7, 11) is 0. The van der Waals surface area contributed by atoms with Gasteiger partial charge >= 0.3 is 6.09 Å². The number of nitrogens with two attached hydrogens (primary N) is 2. The number of amides is 2. The molecule has 0 aromatic rings. The molecule has 2 amide bonds. The van der Waals surface area contributed by atoms with Gasteiger partial charge < -0.3 is 16.2 Å². The van der Waals surface area contributed by atoms with E-state index in [1.54, 1.807) is 41.5 Å². The predicted molar refractivity (Wildman–Crippen MR) is 100 cm³/mol. The number of ether oxygens (including phenoxy) is 1. The molecule has 156 valence electrons. The highest BCUT2D eigenvalue weighted by molar-refractivity contribution is 5.95. The molecule has 1 atom stereocenters. The number of hydrogen-bond donors (Lipinski definition) is 3. The Morgan fingerprint density at radius 2 is 1.63 bits per heavy atom. The number of unbranched alkanes of at least 4 members (excludes halogenated alkanes) is 1. The van der Waals surface area contributed by atoms with Crippen LogP contribution in [-0.2, 0) is 9.53 Å². The minimum Gasteiger partial charge on any atom is -0.443 e. The van der Waals surface area contributed by atoms with Gasteiger partial charge in [-0.05, 0) is 39.0 Å². The van der Waals surface area contributed by atoms with Crippen molar-refractivity contribution in [3.8, 4) is 0 Å². The molecule has 0 unspecified atom stereocenters. The zero-order valence-corrected chi connectivity index (χ0v) is 16.9. The van der Waals surface area contributed by atoms with Gasteiger partial charge in [0.25, 0.3) is 5.96 Å². The van der Waals surface area contributed by atoms with Crippen molar-refractivity contribution in [2.75, 3.05) is 13.1 Å². The third kappa shape index (κ3) is 8.67. The van der Waals surface area contributed by atoms with Crippen LogP contribution in [0.25, 0.3) is 0 Å². The van der Waals surface area contributed by atoms with Crippen LogP contribution in [0.4, 0.5) is 4.79 Å². The third-order valence-corrected chi connectivity index (χ3v) is 3.56. The second kappa shape index (κ2) is 9.49. The molecule has 0 saturated carbocycles. The van der Waals surface area contributed by atoms with E-state index in [4.69, 9.17) is 21.6 Å². The number of guanidine groups is 1. The topological polar surface area (TPSA) is 169 Å². The summed E-state index contributed by atoms with van der Waals surface area (Å²) in [6.07, 6.45) is -0.318. The standard InChI is InChI=1S/C16H32N6O5/c1-15(2,3)11(17)12(23)20(14(24)27-16(4,5)6)9-7-8-10-21(13(18)19)22(25)26/h11H,7-10,17H2,1-6H3,(H3,18,19)/t11-/m1/s1. The molecule has 0 bridgehead atoms. The zero-order valence-electron chi connectivity index (χ0n) is 16.9. The van der Waals surface area contributed by atoms with Gasteiger partial charge in [-0.3, -0.25) is 10.2 Å². The Labute approximate surface area is 159 Å². The number of carbonyl (C=O) groups is 2. The van der Waals surface area contributed by atoms with Gasteiger partial charge in [0, 0.05) is 6.54 Å². The molecule has 0 radical (unpaired) electrons. The SMILES string of the molecule is CC(C)(C)OC(=O)N(CCCCN(C(=N)N)[N+](=O)[O-])C(=O)[C@@H](N)C(C)(C)C. The van der Waals surface area contributed by atoms with E-state index < -0.39 is 40.1 Å². The van der Waals surface area contributed by atoms with Crippen molar-refractivity contribution in [1.82, 2.24) is 9.91 Å². The third-order valence-electron chi connectivity index (χ3n) is 3.56. The largest absolute Gasteiger partial charge is 0.443 e. The Morgan fingerprint density at radius 1 is 1.15 bits per heavy atom. The van der Waals surface area contributed by atoms with Crippen LogP contribution in [-0.4, -0.2) is 57.6 Å². The van der Waals surface area contributed by atoms with Crippen molar-refractivity contribution in [2.24, 2.45) is 16.9 Å². The lowest BCUT2D eigenvalue weighted by Crippen LogP contribution is -2.53. The summed E-state index contributed by atoms with van der Waals surface area (Å²) in [6.45, 7) is 10.3. The van der Waals surface area contributed by atoms with E-state index >= 15 is 0 Å². The van der Waals surface area contributed by atoms with Gasteiger partial charge in [0.2, 0.25) is 5.91 Å².